The highest BCUT2D eigenvalue weighted by molar-refractivity contribution is 5.89. The molecule has 7 heteroatoms. The lowest BCUT2D eigenvalue weighted by atomic mass is 10.1. The molecule has 0 aliphatic carbocycles. The lowest BCUT2D eigenvalue weighted by Crippen LogP contribution is -2.62. The molecule has 116 valence electrons. The van der Waals surface area contributed by atoms with Crippen molar-refractivity contribution < 1.29 is 19.4 Å². The molecular formula is C14H20FN3O3. The van der Waals surface area contributed by atoms with Gasteiger partial charge >= 0.3 is 6.03 Å². The van der Waals surface area contributed by atoms with Gasteiger partial charge in [-0.1, -0.05) is 0 Å². The van der Waals surface area contributed by atoms with E-state index in [1.165, 1.54) is 24.3 Å². The Balaban J connectivity index is 1.80. The van der Waals surface area contributed by atoms with Crippen LogP contribution in [-0.2, 0) is 0 Å². The minimum absolute atomic E-state index is 0.0261. The molecule has 0 saturated carbocycles. The number of aliphatic hydroxyl groups excluding tert-OH is 2. The summed E-state index contributed by atoms with van der Waals surface area (Å²) in [6.45, 7) is 2.12. The lowest BCUT2D eigenvalue weighted by molar-refractivity contribution is 0.0393. The summed E-state index contributed by atoms with van der Waals surface area (Å²) in [5.41, 5.74) is 0.549. The van der Waals surface area contributed by atoms with E-state index in [4.69, 9.17) is 10.2 Å². The molecule has 21 heavy (non-hydrogen) atoms. The molecule has 0 spiro atoms. The quantitative estimate of drug-likeness (QED) is 0.707. The summed E-state index contributed by atoms with van der Waals surface area (Å²) in [5, 5.41) is 20.7. The highest BCUT2D eigenvalue weighted by Crippen LogP contribution is 2.17. The number of urea groups is 1. The second kappa shape index (κ2) is 7.35. The summed E-state index contributed by atoms with van der Waals surface area (Å²) in [6, 6.07) is 5.52. The lowest BCUT2D eigenvalue weighted by Gasteiger charge is -2.45. The van der Waals surface area contributed by atoms with E-state index in [0.717, 1.165) is 0 Å². The molecule has 3 N–H and O–H groups in total. The van der Waals surface area contributed by atoms with Crippen LogP contribution in [0.1, 0.15) is 0 Å². The van der Waals surface area contributed by atoms with E-state index in [9.17, 15) is 9.18 Å². The summed E-state index contributed by atoms with van der Waals surface area (Å²) in [5.74, 6) is -0.347. The number of nitrogens with one attached hydrogen (secondary N) is 1. The SMILES string of the molecule is O=C(Nc1ccc(F)cc1)N1CC(N(CCO)CCO)C1. The van der Waals surface area contributed by atoms with Crippen molar-refractivity contribution in [3.63, 3.8) is 0 Å². The van der Waals surface area contributed by atoms with Crippen LogP contribution in [0, 0.1) is 5.82 Å². The number of hydrogen-bond acceptors (Lipinski definition) is 4. The largest absolute Gasteiger partial charge is 0.395 e. The molecule has 0 unspecified atom stereocenters. The first-order chi connectivity index (χ1) is 10.1. The van der Waals surface area contributed by atoms with Crippen LogP contribution in [-0.4, -0.2) is 71.5 Å². The van der Waals surface area contributed by atoms with Gasteiger partial charge in [-0.25, -0.2) is 9.18 Å². The number of carbonyl (C=O) groups is 1. The van der Waals surface area contributed by atoms with Crippen molar-refractivity contribution in [1.29, 1.82) is 0 Å². The number of nitrogens with zero attached hydrogens (tertiary/aromatic N) is 2. The molecule has 1 aliphatic rings. The third-order valence-electron chi connectivity index (χ3n) is 3.54. The zero-order valence-corrected chi connectivity index (χ0v) is 11.7. The Morgan fingerprint density at radius 2 is 1.81 bits per heavy atom. The molecule has 0 atom stereocenters. The Hall–Kier alpha value is -1.70. The molecule has 2 rings (SSSR count). The number of benzene rings is 1. The maximum atomic E-state index is 12.8. The number of halogens is 1. The Kier molecular flexibility index (Phi) is 5.49. The van der Waals surface area contributed by atoms with Gasteiger partial charge in [0.1, 0.15) is 5.82 Å². The summed E-state index contributed by atoms with van der Waals surface area (Å²) in [7, 11) is 0. The monoisotopic (exact) mass is 297 g/mol. The van der Waals surface area contributed by atoms with Crippen molar-refractivity contribution in [3.05, 3.63) is 30.1 Å². The smallest absolute Gasteiger partial charge is 0.321 e. The third kappa shape index (κ3) is 4.13. The minimum atomic E-state index is -0.347. The van der Waals surface area contributed by atoms with Crippen molar-refractivity contribution in [2.45, 2.75) is 6.04 Å². The van der Waals surface area contributed by atoms with Crippen molar-refractivity contribution >= 4 is 11.7 Å². The van der Waals surface area contributed by atoms with Crippen molar-refractivity contribution in [3.8, 4) is 0 Å². The molecule has 1 aromatic rings. The Morgan fingerprint density at radius 3 is 2.33 bits per heavy atom. The van der Waals surface area contributed by atoms with Gasteiger partial charge in [0, 0.05) is 37.9 Å². The van der Waals surface area contributed by atoms with Gasteiger partial charge in [-0.2, -0.15) is 0 Å². The van der Waals surface area contributed by atoms with Crippen LogP contribution in [0.3, 0.4) is 0 Å². The van der Waals surface area contributed by atoms with E-state index in [1.807, 2.05) is 4.90 Å². The van der Waals surface area contributed by atoms with Gasteiger partial charge in [-0.3, -0.25) is 4.90 Å². The van der Waals surface area contributed by atoms with Crippen LogP contribution in [0.5, 0.6) is 0 Å². The number of aliphatic hydroxyl groups is 2. The second-order valence-corrected chi connectivity index (χ2v) is 4.98. The molecule has 0 bridgehead atoms. The normalized spacial score (nSPS) is 15.1. The van der Waals surface area contributed by atoms with Gasteiger partial charge in [0.2, 0.25) is 0 Å². The molecular weight excluding hydrogens is 277 g/mol. The van der Waals surface area contributed by atoms with Crippen LogP contribution < -0.4 is 5.32 Å². The summed E-state index contributed by atoms with van der Waals surface area (Å²) in [6.07, 6.45) is 0. The first kappa shape index (κ1) is 15.7. The average Bonchev–Trinajstić information content (AvgIpc) is 2.40. The third-order valence-corrected chi connectivity index (χ3v) is 3.54. The molecule has 1 aromatic carbocycles. The number of hydrogen-bond donors (Lipinski definition) is 3. The molecule has 2 amide bonds. The molecule has 1 heterocycles. The number of amides is 2. The highest BCUT2D eigenvalue weighted by atomic mass is 19.1. The number of rotatable bonds is 6. The van der Waals surface area contributed by atoms with E-state index in [-0.39, 0.29) is 31.1 Å². The van der Waals surface area contributed by atoms with Gasteiger partial charge in [-0.15, -0.1) is 0 Å². The molecule has 1 fully saturated rings. The summed E-state index contributed by atoms with van der Waals surface area (Å²) in [4.78, 5) is 15.6. The van der Waals surface area contributed by atoms with Crippen LogP contribution in [0.2, 0.25) is 0 Å². The van der Waals surface area contributed by atoms with E-state index >= 15 is 0 Å². The fourth-order valence-electron chi connectivity index (χ4n) is 2.32. The van der Waals surface area contributed by atoms with E-state index in [2.05, 4.69) is 5.32 Å². The molecule has 6 nitrogen and oxygen atoms in total. The van der Waals surface area contributed by atoms with Crippen LogP contribution in [0.15, 0.2) is 24.3 Å². The number of likely N-dealkylation sites (tertiary alicyclic amines) is 1. The number of anilines is 1. The zero-order chi connectivity index (χ0) is 15.2. The first-order valence-corrected chi connectivity index (χ1v) is 6.91. The Bertz CT molecular complexity index is 457. The average molecular weight is 297 g/mol. The van der Waals surface area contributed by atoms with Crippen molar-refractivity contribution in [2.24, 2.45) is 0 Å². The molecule has 0 radical (unpaired) electrons. The van der Waals surface area contributed by atoms with Crippen LogP contribution >= 0.6 is 0 Å². The van der Waals surface area contributed by atoms with Crippen molar-refractivity contribution in [1.82, 2.24) is 9.80 Å². The predicted octanol–water partition coefficient (Wildman–Crippen LogP) is 0.328. The highest BCUT2D eigenvalue weighted by Gasteiger charge is 2.34. The summed E-state index contributed by atoms with van der Waals surface area (Å²) < 4.78 is 12.8. The molecule has 1 aliphatic heterocycles. The van der Waals surface area contributed by atoms with E-state index in [1.54, 1.807) is 4.90 Å². The Morgan fingerprint density at radius 1 is 1.24 bits per heavy atom. The fraction of sp³-hybridized carbons (Fsp3) is 0.500. The minimum Gasteiger partial charge on any atom is -0.395 e. The number of carbonyl (C=O) groups excluding carboxylic acids is 1. The van der Waals surface area contributed by atoms with Crippen molar-refractivity contribution in [2.75, 3.05) is 44.7 Å². The van der Waals surface area contributed by atoms with Gasteiger partial charge < -0.3 is 20.4 Å². The van der Waals surface area contributed by atoms with Gasteiger partial charge in [0.15, 0.2) is 0 Å². The second-order valence-electron chi connectivity index (χ2n) is 4.98. The zero-order valence-electron chi connectivity index (χ0n) is 11.7. The van der Waals surface area contributed by atoms with Crippen LogP contribution in [0.25, 0.3) is 0 Å². The van der Waals surface area contributed by atoms with Gasteiger partial charge in [0.25, 0.3) is 0 Å². The van der Waals surface area contributed by atoms with Crippen LogP contribution in [0.4, 0.5) is 14.9 Å². The maximum absolute atomic E-state index is 12.8. The first-order valence-electron chi connectivity index (χ1n) is 6.91. The van der Waals surface area contributed by atoms with E-state index in [0.29, 0.717) is 31.9 Å². The fourth-order valence-corrected chi connectivity index (χ4v) is 2.32. The topological polar surface area (TPSA) is 76.0 Å². The molecule has 0 aromatic heterocycles. The molecule has 1 saturated heterocycles. The summed E-state index contributed by atoms with van der Waals surface area (Å²) >= 11 is 0. The standard InChI is InChI=1S/C14H20FN3O3/c15-11-1-3-12(4-2-11)16-14(21)18-9-13(10-18)17(5-7-19)6-8-20/h1-4,13,19-20H,5-10H2,(H,16,21). The van der Waals surface area contributed by atoms with Gasteiger partial charge in [-0.05, 0) is 24.3 Å². The van der Waals surface area contributed by atoms with E-state index < -0.39 is 0 Å². The predicted molar refractivity (Wildman–Crippen MR) is 76.5 cm³/mol. The maximum Gasteiger partial charge on any atom is 0.321 e. The Labute approximate surface area is 122 Å². The van der Waals surface area contributed by atoms with Gasteiger partial charge in [0.05, 0.1) is 13.2 Å².